The van der Waals surface area contributed by atoms with Crippen LogP contribution in [0.25, 0.3) is 0 Å². The first-order chi connectivity index (χ1) is 14.2. The molecule has 148 valence electrons. The highest BCUT2D eigenvalue weighted by molar-refractivity contribution is 7.09. The monoisotopic (exact) mass is 406 g/mol. The minimum Gasteiger partial charge on any atom is -0.339 e. The van der Waals surface area contributed by atoms with Crippen LogP contribution in [0.2, 0.25) is 0 Å². The number of rotatable bonds is 5. The molecule has 0 spiro atoms. The van der Waals surface area contributed by atoms with Gasteiger partial charge in [-0.25, -0.2) is 4.98 Å². The molecular formula is C22H22N4O2S. The number of hydrogen-bond donors (Lipinski definition) is 0. The van der Waals surface area contributed by atoms with Crippen molar-refractivity contribution in [3.05, 3.63) is 82.1 Å². The molecule has 0 atom stereocenters. The first-order valence-corrected chi connectivity index (χ1v) is 10.5. The van der Waals surface area contributed by atoms with Gasteiger partial charge in [0.2, 0.25) is 5.91 Å². The molecule has 1 aliphatic heterocycles. The molecule has 7 heteroatoms. The molecule has 0 unspecified atom stereocenters. The lowest BCUT2D eigenvalue weighted by Gasteiger charge is -2.34. The summed E-state index contributed by atoms with van der Waals surface area (Å²) in [4.78, 5) is 37.6. The molecule has 3 heterocycles. The molecule has 3 aromatic rings. The molecule has 1 saturated heterocycles. The van der Waals surface area contributed by atoms with Crippen molar-refractivity contribution in [2.75, 3.05) is 26.2 Å². The summed E-state index contributed by atoms with van der Waals surface area (Å²) in [6.45, 7) is 2.13. The average molecular weight is 407 g/mol. The number of amides is 2. The van der Waals surface area contributed by atoms with E-state index in [1.807, 2.05) is 41.8 Å². The lowest BCUT2D eigenvalue weighted by molar-refractivity contribution is -0.132. The van der Waals surface area contributed by atoms with E-state index in [0.29, 0.717) is 38.3 Å². The van der Waals surface area contributed by atoms with Crippen LogP contribution in [-0.4, -0.2) is 57.8 Å². The van der Waals surface area contributed by atoms with Crippen LogP contribution < -0.4 is 0 Å². The second-order valence-electron chi connectivity index (χ2n) is 6.96. The van der Waals surface area contributed by atoms with Gasteiger partial charge in [-0.3, -0.25) is 14.6 Å². The number of hydrogen-bond acceptors (Lipinski definition) is 5. The van der Waals surface area contributed by atoms with Crippen LogP contribution >= 0.6 is 11.3 Å². The van der Waals surface area contributed by atoms with Gasteiger partial charge in [0.25, 0.3) is 5.91 Å². The molecule has 2 amide bonds. The number of nitrogens with zero attached hydrogens (tertiary/aromatic N) is 4. The second-order valence-corrected chi connectivity index (χ2v) is 7.90. The quantitative estimate of drug-likeness (QED) is 0.653. The molecular weight excluding hydrogens is 384 g/mol. The van der Waals surface area contributed by atoms with E-state index in [-0.39, 0.29) is 11.8 Å². The normalized spacial score (nSPS) is 14.1. The highest BCUT2D eigenvalue weighted by Gasteiger charge is 2.26. The maximum absolute atomic E-state index is 12.8. The fraction of sp³-hybridized carbons (Fsp3) is 0.273. The molecule has 0 bridgehead atoms. The lowest BCUT2D eigenvalue weighted by atomic mass is 10.2. The van der Waals surface area contributed by atoms with Gasteiger partial charge in [0.05, 0.1) is 11.4 Å². The Hall–Kier alpha value is -3.06. The number of aromatic nitrogens is 2. The summed E-state index contributed by atoms with van der Waals surface area (Å²) >= 11 is 1.51. The van der Waals surface area contributed by atoms with E-state index in [9.17, 15) is 9.59 Å². The van der Waals surface area contributed by atoms with Crippen LogP contribution in [0.4, 0.5) is 0 Å². The maximum Gasteiger partial charge on any atom is 0.273 e. The molecule has 2 aromatic heterocycles. The molecule has 0 aliphatic carbocycles. The predicted molar refractivity (Wildman–Crippen MR) is 112 cm³/mol. The SMILES string of the molecule is O=C(Cc1ccccn1)N1CCN(C(=O)c2csc(Cc3ccccc3)n2)CC1. The Morgan fingerprint density at radius 1 is 0.931 bits per heavy atom. The Morgan fingerprint density at radius 3 is 2.38 bits per heavy atom. The van der Waals surface area contributed by atoms with E-state index >= 15 is 0 Å². The van der Waals surface area contributed by atoms with Crippen LogP contribution in [0, 0.1) is 0 Å². The maximum atomic E-state index is 12.8. The van der Waals surface area contributed by atoms with Crippen molar-refractivity contribution in [2.24, 2.45) is 0 Å². The minimum atomic E-state index is -0.0580. The van der Waals surface area contributed by atoms with Crippen molar-refractivity contribution in [3.63, 3.8) is 0 Å². The lowest BCUT2D eigenvalue weighted by Crippen LogP contribution is -2.51. The van der Waals surface area contributed by atoms with Crippen molar-refractivity contribution in [3.8, 4) is 0 Å². The first kappa shape index (κ1) is 19.3. The Balaban J connectivity index is 1.30. The standard InChI is InChI=1S/C22H22N4O2S/c27-21(15-18-8-4-5-9-23-18)25-10-12-26(13-11-25)22(28)19-16-29-20(24-19)14-17-6-2-1-3-7-17/h1-9,16H,10-15H2. The zero-order chi connectivity index (χ0) is 20.1. The van der Waals surface area contributed by atoms with Crippen molar-refractivity contribution in [1.29, 1.82) is 0 Å². The third kappa shape index (κ3) is 4.86. The van der Waals surface area contributed by atoms with Gasteiger partial charge in [-0.15, -0.1) is 11.3 Å². The van der Waals surface area contributed by atoms with Gasteiger partial charge in [-0.05, 0) is 17.7 Å². The second kappa shape index (κ2) is 8.96. The van der Waals surface area contributed by atoms with Crippen molar-refractivity contribution in [2.45, 2.75) is 12.8 Å². The van der Waals surface area contributed by atoms with Gasteiger partial charge >= 0.3 is 0 Å². The summed E-state index contributed by atoms with van der Waals surface area (Å²) in [5, 5.41) is 2.77. The summed E-state index contributed by atoms with van der Waals surface area (Å²) in [6.07, 6.45) is 2.72. The zero-order valence-corrected chi connectivity index (χ0v) is 16.8. The van der Waals surface area contributed by atoms with E-state index in [4.69, 9.17) is 0 Å². The largest absolute Gasteiger partial charge is 0.339 e. The van der Waals surface area contributed by atoms with Crippen LogP contribution in [0.1, 0.15) is 26.8 Å². The zero-order valence-electron chi connectivity index (χ0n) is 16.0. The number of pyridine rings is 1. The number of carbonyl (C=O) groups is 2. The van der Waals surface area contributed by atoms with Gasteiger partial charge in [-0.2, -0.15) is 0 Å². The average Bonchev–Trinajstić information content (AvgIpc) is 3.23. The molecule has 0 radical (unpaired) electrons. The van der Waals surface area contributed by atoms with Crippen molar-refractivity contribution >= 4 is 23.2 Å². The molecule has 1 aliphatic rings. The van der Waals surface area contributed by atoms with Crippen molar-refractivity contribution in [1.82, 2.24) is 19.8 Å². The van der Waals surface area contributed by atoms with E-state index in [1.165, 1.54) is 16.9 Å². The minimum absolute atomic E-state index is 0.0506. The van der Waals surface area contributed by atoms with Crippen LogP contribution in [0.3, 0.4) is 0 Å². The smallest absolute Gasteiger partial charge is 0.273 e. The third-order valence-corrected chi connectivity index (χ3v) is 5.80. The third-order valence-electron chi connectivity index (χ3n) is 4.95. The molecule has 0 N–H and O–H groups in total. The van der Waals surface area contributed by atoms with E-state index in [2.05, 4.69) is 22.1 Å². The Labute approximate surface area is 173 Å². The van der Waals surface area contributed by atoms with E-state index in [0.717, 1.165) is 17.1 Å². The molecule has 1 fully saturated rings. The number of thiazole rings is 1. The molecule has 4 rings (SSSR count). The molecule has 0 saturated carbocycles. The van der Waals surface area contributed by atoms with Crippen LogP contribution in [0.15, 0.2) is 60.1 Å². The first-order valence-electron chi connectivity index (χ1n) is 9.64. The fourth-order valence-electron chi connectivity index (χ4n) is 3.35. The summed E-state index contributed by atoms with van der Waals surface area (Å²) in [7, 11) is 0. The van der Waals surface area contributed by atoms with E-state index in [1.54, 1.807) is 16.0 Å². The Morgan fingerprint density at radius 2 is 1.66 bits per heavy atom. The number of carbonyl (C=O) groups excluding carboxylic acids is 2. The van der Waals surface area contributed by atoms with Crippen LogP contribution in [-0.2, 0) is 17.6 Å². The van der Waals surface area contributed by atoms with E-state index < -0.39 is 0 Å². The summed E-state index contributed by atoms with van der Waals surface area (Å²) in [5.41, 5.74) is 2.44. The predicted octanol–water partition coefficient (Wildman–Crippen LogP) is 2.66. The molecule has 6 nitrogen and oxygen atoms in total. The Bertz CT molecular complexity index is 967. The van der Waals surface area contributed by atoms with Crippen molar-refractivity contribution < 1.29 is 9.59 Å². The number of benzene rings is 1. The summed E-state index contributed by atoms with van der Waals surface area (Å²) < 4.78 is 0. The Kier molecular flexibility index (Phi) is 5.95. The summed E-state index contributed by atoms with van der Waals surface area (Å²) in [5.74, 6) is -0.00742. The van der Waals surface area contributed by atoms with Gasteiger partial charge < -0.3 is 9.80 Å². The van der Waals surface area contributed by atoms with Gasteiger partial charge in [0.1, 0.15) is 5.69 Å². The van der Waals surface area contributed by atoms with Gasteiger partial charge in [0.15, 0.2) is 0 Å². The van der Waals surface area contributed by atoms with Gasteiger partial charge in [-0.1, -0.05) is 36.4 Å². The summed E-state index contributed by atoms with van der Waals surface area (Å²) in [6, 6.07) is 15.7. The molecule has 1 aromatic carbocycles. The number of piperazine rings is 1. The molecule has 29 heavy (non-hydrogen) atoms. The van der Waals surface area contributed by atoms with Gasteiger partial charge in [0, 0.05) is 49.9 Å². The fourth-order valence-corrected chi connectivity index (χ4v) is 4.15. The topological polar surface area (TPSA) is 66.4 Å². The highest BCUT2D eigenvalue weighted by Crippen LogP contribution is 2.17. The highest BCUT2D eigenvalue weighted by atomic mass is 32.1. The van der Waals surface area contributed by atoms with Crippen LogP contribution in [0.5, 0.6) is 0 Å².